The smallest absolute Gasteiger partial charge is 0.257 e. The highest BCUT2D eigenvalue weighted by atomic mass is 19.2. The van der Waals surface area contributed by atoms with Crippen molar-refractivity contribution in [3.05, 3.63) is 58.9 Å². The van der Waals surface area contributed by atoms with Gasteiger partial charge < -0.3 is 11.1 Å². The molecule has 0 atom stereocenters. The van der Waals surface area contributed by atoms with E-state index in [-0.39, 0.29) is 16.9 Å². The molecule has 0 unspecified atom stereocenters. The van der Waals surface area contributed by atoms with Crippen LogP contribution >= 0.6 is 0 Å². The molecule has 2 aromatic carbocycles. The minimum absolute atomic E-state index is 0.200. The Morgan fingerprint density at radius 1 is 1.05 bits per heavy atom. The molecule has 0 spiro atoms. The number of halogens is 3. The van der Waals surface area contributed by atoms with E-state index in [0.717, 1.165) is 12.1 Å². The lowest BCUT2D eigenvalue weighted by molar-refractivity contribution is 0.102. The summed E-state index contributed by atoms with van der Waals surface area (Å²) < 4.78 is 39.2. The molecular weight excluding hydrogens is 269 g/mol. The lowest BCUT2D eigenvalue weighted by Gasteiger charge is -2.09. The van der Waals surface area contributed by atoms with Crippen LogP contribution in [-0.2, 0) is 0 Å². The van der Waals surface area contributed by atoms with Crippen molar-refractivity contribution < 1.29 is 18.0 Å². The molecule has 0 fully saturated rings. The highest BCUT2D eigenvalue weighted by Crippen LogP contribution is 2.20. The van der Waals surface area contributed by atoms with Crippen LogP contribution in [0.3, 0.4) is 0 Å². The van der Waals surface area contributed by atoms with Gasteiger partial charge in [0.2, 0.25) is 0 Å². The molecule has 0 saturated heterocycles. The zero-order valence-corrected chi connectivity index (χ0v) is 10.5. The van der Waals surface area contributed by atoms with Crippen LogP contribution < -0.4 is 11.1 Å². The first-order valence-corrected chi connectivity index (χ1v) is 5.70. The molecule has 0 bridgehead atoms. The molecule has 0 heterocycles. The second-order valence-electron chi connectivity index (χ2n) is 4.32. The minimum atomic E-state index is -1.18. The number of benzene rings is 2. The lowest BCUT2D eigenvalue weighted by Crippen LogP contribution is -2.15. The predicted octanol–water partition coefficient (Wildman–Crippen LogP) is 3.25. The quantitative estimate of drug-likeness (QED) is 0.830. The molecule has 3 nitrogen and oxygen atoms in total. The maximum atomic E-state index is 13.2. The molecule has 0 saturated carbocycles. The topological polar surface area (TPSA) is 55.1 Å². The molecule has 1 amide bonds. The number of amides is 1. The molecule has 20 heavy (non-hydrogen) atoms. The minimum Gasteiger partial charge on any atom is -0.398 e. The Labute approximate surface area is 113 Å². The summed E-state index contributed by atoms with van der Waals surface area (Å²) in [5, 5.41) is 2.38. The molecule has 104 valence electrons. The fraction of sp³-hybridized carbons (Fsp3) is 0.0714. The third kappa shape index (κ3) is 2.90. The van der Waals surface area contributed by atoms with Crippen LogP contribution in [-0.4, -0.2) is 5.91 Å². The van der Waals surface area contributed by atoms with Crippen molar-refractivity contribution in [3.63, 3.8) is 0 Å². The van der Waals surface area contributed by atoms with Crippen molar-refractivity contribution in [2.75, 3.05) is 11.1 Å². The van der Waals surface area contributed by atoms with E-state index < -0.39 is 23.4 Å². The molecule has 0 radical (unpaired) electrons. The molecule has 0 aliphatic carbocycles. The lowest BCUT2D eigenvalue weighted by atomic mass is 10.1. The van der Waals surface area contributed by atoms with Crippen molar-refractivity contribution in [2.45, 2.75) is 6.92 Å². The van der Waals surface area contributed by atoms with Gasteiger partial charge in [0.05, 0.1) is 5.56 Å². The zero-order chi connectivity index (χ0) is 14.9. The highest BCUT2D eigenvalue weighted by Gasteiger charge is 2.15. The van der Waals surface area contributed by atoms with Gasteiger partial charge in [-0.05, 0) is 36.8 Å². The van der Waals surface area contributed by atoms with Gasteiger partial charge in [-0.2, -0.15) is 0 Å². The van der Waals surface area contributed by atoms with Crippen LogP contribution in [0.4, 0.5) is 24.5 Å². The standard InChI is InChI=1S/C14H11F3N2O/c1-7-2-8(15)4-9(3-7)19-14(20)10-5-11(16)12(17)6-13(10)18/h2-6H,18H2,1H3,(H,19,20). The number of carbonyl (C=O) groups is 1. The second kappa shape index (κ2) is 5.24. The van der Waals surface area contributed by atoms with E-state index in [1.165, 1.54) is 12.1 Å². The van der Waals surface area contributed by atoms with Gasteiger partial charge in [-0.1, -0.05) is 0 Å². The molecular formula is C14H11F3N2O. The van der Waals surface area contributed by atoms with Gasteiger partial charge in [0.25, 0.3) is 5.91 Å². The molecule has 0 aromatic heterocycles. The average Bonchev–Trinajstić information content (AvgIpc) is 2.32. The van der Waals surface area contributed by atoms with E-state index in [9.17, 15) is 18.0 Å². The number of hydrogen-bond donors (Lipinski definition) is 2. The number of nitrogen functional groups attached to an aromatic ring is 1. The Morgan fingerprint density at radius 2 is 1.70 bits per heavy atom. The van der Waals surface area contributed by atoms with Crippen molar-refractivity contribution in [1.29, 1.82) is 0 Å². The van der Waals surface area contributed by atoms with E-state index >= 15 is 0 Å². The number of hydrogen-bond acceptors (Lipinski definition) is 2. The van der Waals surface area contributed by atoms with Crippen LogP contribution in [0.5, 0.6) is 0 Å². The molecule has 2 rings (SSSR count). The van der Waals surface area contributed by atoms with Crippen LogP contribution in [0, 0.1) is 24.4 Å². The molecule has 0 aliphatic heterocycles. The molecule has 0 aliphatic rings. The number of aryl methyl sites for hydroxylation is 1. The number of anilines is 2. The van der Waals surface area contributed by atoms with Crippen molar-refractivity contribution in [2.24, 2.45) is 0 Å². The molecule has 3 N–H and O–H groups in total. The first-order valence-electron chi connectivity index (χ1n) is 5.70. The fourth-order valence-corrected chi connectivity index (χ4v) is 1.77. The summed E-state index contributed by atoms with van der Waals surface area (Å²) in [6.07, 6.45) is 0. The van der Waals surface area contributed by atoms with Gasteiger partial charge in [-0.15, -0.1) is 0 Å². The van der Waals surface area contributed by atoms with E-state index in [2.05, 4.69) is 5.32 Å². The predicted molar refractivity (Wildman–Crippen MR) is 69.9 cm³/mol. The van der Waals surface area contributed by atoms with E-state index in [0.29, 0.717) is 11.6 Å². The van der Waals surface area contributed by atoms with Crippen molar-refractivity contribution in [1.82, 2.24) is 0 Å². The number of rotatable bonds is 2. The van der Waals surface area contributed by atoms with E-state index in [1.54, 1.807) is 6.92 Å². The highest BCUT2D eigenvalue weighted by molar-refractivity contribution is 6.07. The van der Waals surface area contributed by atoms with Gasteiger partial charge >= 0.3 is 0 Å². The Kier molecular flexibility index (Phi) is 3.65. The van der Waals surface area contributed by atoms with E-state index in [1.807, 2.05) is 0 Å². The summed E-state index contributed by atoms with van der Waals surface area (Å²) >= 11 is 0. The number of nitrogens with one attached hydrogen (secondary N) is 1. The van der Waals surface area contributed by atoms with Gasteiger partial charge in [-0.3, -0.25) is 4.79 Å². The monoisotopic (exact) mass is 280 g/mol. The zero-order valence-electron chi connectivity index (χ0n) is 10.5. The maximum absolute atomic E-state index is 13.2. The van der Waals surface area contributed by atoms with Crippen LogP contribution in [0.25, 0.3) is 0 Å². The Balaban J connectivity index is 2.30. The van der Waals surface area contributed by atoms with Gasteiger partial charge in [0, 0.05) is 17.4 Å². The van der Waals surface area contributed by atoms with Crippen LogP contribution in [0.2, 0.25) is 0 Å². The average molecular weight is 280 g/mol. The Morgan fingerprint density at radius 3 is 2.35 bits per heavy atom. The molecule has 6 heteroatoms. The van der Waals surface area contributed by atoms with Gasteiger partial charge in [-0.25, -0.2) is 13.2 Å². The second-order valence-corrected chi connectivity index (χ2v) is 4.32. The van der Waals surface area contributed by atoms with Crippen molar-refractivity contribution in [3.8, 4) is 0 Å². The first-order chi connectivity index (χ1) is 9.36. The Hall–Kier alpha value is -2.50. The summed E-state index contributed by atoms with van der Waals surface area (Å²) in [6, 6.07) is 5.37. The SMILES string of the molecule is Cc1cc(F)cc(NC(=O)c2cc(F)c(F)cc2N)c1. The molecule has 2 aromatic rings. The summed E-state index contributed by atoms with van der Waals surface area (Å²) in [5.41, 5.74) is 5.86. The van der Waals surface area contributed by atoms with Gasteiger partial charge in [0.15, 0.2) is 11.6 Å². The van der Waals surface area contributed by atoms with Crippen molar-refractivity contribution >= 4 is 17.3 Å². The summed E-state index contributed by atoms with van der Waals surface area (Å²) in [5.74, 6) is -3.58. The van der Waals surface area contributed by atoms with Crippen LogP contribution in [0.15, 0.2) is 30.3 Å². The Bertz CT molecular complexity index is 666. The summed E-state index contributed by atoms with van der Waals surface area (Å²) in [7, 11) is 0. The van der Waals surface area contributed by atoms with Gasteiger partial charge in [0.1, 0.15) is 5.82 Å². The number of carbonyl (C=O) groups excluding carboxylic acids is 1. The maximum Gasteiger partial charge on any atom is 0.257 e. The number of nitrogens with two attached hydrogens (primary N) is 1. The fourth-order valence-electron chi connectivity index (χ4n) is 1.77. The summed E-state index contributed by atoms with van der Waals surface area (Å²) in [4.78, 5) is 11.9. The summed E-state index contributed by atoms with van der Waals surface area (Å²) in [6.45, 7) is 1.66. The largest absolute Gasteiger partial charge is 0.398 e. The van der Waals surface area contributed by atoms with Crippen LogP contribution in [0.1, 0.15) is 15.9 Å². The first kappa shape index (κ1) is 13.9. The van der Waals surface area contributed by atoms with E-state index in [4.69, 9.17) is 5.73 Å². The third-order valence-electron chi connectivity index (χ3n) is 2.64. The third-order valence-corrected chi connectivity index (χ3v) is 2.64. The normalized spacial score (nSPS) is 10.4.